The maximum absolute atomic E-state index is 12.6. The van der Waals surface area contributed by atoms with Crippen LogP contribution < -0.4 is 9.64 Å². The van der Waals surface area contributed by atoms with Crippen LogP contribution in [0.3, 0.4) is 0 Å². The Morgan fingerprint density at radius 1 is 1.25 bits per heavy atom. The van der Waals surface area contributed by atoms with Gasteiger partial charge in [0.1, 0.15) is 5.75 Å². The number of thiophene rings is 1. The van der Waals surface area contributed by atoms with Crippen LogP contribution in [-0.2, 0) is 11.2 Å². The molecule has 0 aliphatic carbocycles. The molecule has 6 heteroatoms. The molecule has 0 unspecified atom stereocenters. The van der Waals surface area contributed by atoms with Crippen LogP contribution in [0.25, 0.3) is 0 Å². The molecule has 0 spiro atoms. The molecule has 2 rings (SSSR count). The number of aliphatic carboxylic acids is 1. The number of anilines is 1. The number of hydrogen-bond acceptors (Lipinski definition) is 4. The van der Waals surface area contributed by atoms with E-state index in [9.17, 15) is 9.59 Å². The third-order valence-corrected chi connectivity index (χ3v) is 4.72. The number of nitrogens with zero attached hydrogens (tertiary/aromatic N) is 1. The van der Waals surface area contributed by atoms with Gasteiger partial charge in [-0.25, -0.2) is 4.79 Å². The zero-order chi connectivity index (χ0) is 17.7. The van der Waals surface area contributed by atoms with Crippen molar-refractivity contribution in [3.05, 3.63) is 45.6 Å². The van der Waals surface area contributed by atoms with E-state index in [1.807, 2.05) is 13.0 Å². The summed E-state index contributed by atoms with van der Waals surface area (Å²) in [5.74, 6) is -0.619. The summed E-state index contributed by atoms with van der Waals surface area (Å²) >= 11 is 1.52. The van der Waals surface area contributed by atoms with Crippen molar-refractivity contribution in [1.29, 1.82) is 0 Å². The van der Waals surface area contributed by atoms with Crippen molar-refractivity contribution in [3.8, 4) is 5.75 Å². The Morgan fingerprint density at radius 3 is 2.50 bits per heavy atom. The predicted molar refractivity (Wildman–Crippen MR) is 95.4 cm³/mol. The Labute approximate surface area is 145 Å². The van der Waals surface area contributed by atoms with Gasteiger partial charge in [-0.2, -0.15) is 0 Å². The minimum absolute atomic E-state index is 0.0512. The highest BCUT2D eigenvalue weighted by Gasteiger charge is 2.17. The normalized spacial score (nSPS) is 10.5. The van der Waals surface area contributed by atoms with E-state index in [4.69, 9.17) is 9.84 Å². The molecule has 0 atom stereocenters. The van der Waals surface area contributed by atoms with Gasteiger partial charge in [0.25, 0.3) is 5.91 Å². The van der Waals surface area contributed by atoms with Crippen LogP contribution in [0.5, 0.6) is 5.75 Å². The van der Waals surface area contributed by atoms with Gasteiger partial charge in [-0.3, -0.25) is 4.79 Å². The van der Waals surface area contributed by atoms with Crippen molar-refractivity contribution in [2.75, 3.05) is 18.6 Å². The zero-order valence-corrected chi connectivity index (χ0v) is 14.9. The monoisotopic (exact) mass is 347 g/mol. The molecule has 0 bridgehead atoms. The lowest BCUT2D eigenvalue weighted by Gasteiger charge is -2.16. The molecule has 1 aromatic heterocycles. The van der Waals surface area contributed by atoms with Crippen LogP contribution in [-0.4, -0.2) is 30.6 Å². The summed E-state index contributed by atoms with van der Waals surface area (Å²) in [6.07, 6.45) is 2.04. The second-order valence-electron chi connectivity index (χ2n) is 5.48. The van der Waals surface area contributed by atoms with E-state index < -0.39 is 5.97 Å². The summed E-state index contributed by atoms with van der Waals surface area (Å²) in [6, 6.07) is 8.77. The van der Waals surface area contributed by atoms with E-state index in [1.54, 1.807) is 36.2 Å². The number of benzene rings is 1. The molecular weight excluding hydrogens is 326 g/mol. The summed E-state index contributed by atoms with van der Waals surface area (Å²) in [5, 5.41) is 8.60. The number of rotatable bonds is 7. The molecule has 1 N–H and O–H groups in total. The van der Waals surface area contributed by atoms with Crippen LogP contribution in [0, 0.1) is 6.92 Å². The first kappa shape index (κ1) is 18.0. The lowest BCUT2D eigenvalue weighted by molar-refractivity contribution is -0.139. The summed E-state index contributed by atoms with van der Waals surface area (Å²) in [6.45, 7) is 3.78. The summed E-state index contributed by atoms with van der Waals surface area (Å²) < 4.78 is 5.09. The highest BCUT2D eigenvalue weighted by Crippen LogP contribution is 2.26. The molecule has 128 valence electrons. The van der Waals surface area contributed by atoms with Gasteiger partial charge in [0, 0.05) is 17.6 Å². The molecule has 1 aromatic carbocycles. The standard InChI is InChI=1S/C18H21NO4S/c1-4-5-13-10-16(24-12(13)2)18(22)19(3)14-6-8-15(9-7-14)23-11-17(20)21/h6-10H,4-5,11H2,1-3H3,(H,20,21). The third kappa shape index (κ3) is 4.35. The molecule has 1 amide bonds. The van der Waals surface area contributed by atoms with Crippen molar-refractivity contribution in [3.63, 3.8) is 0 Å². The first-order valence-corrected chi connectivity index (χ1v) is 8.56. The number of carboxylic acid groups (broad SMARTS) is 1. The summed E-state index contributed by atoms with van der Waals surface area (Å²) in [4.78, 5) is 26.6. The van der Waals surface area contributed by atoms with Crippen molar-refractivity contribution < 1.29 is 19.4 Å². The van der Waals surface area contributed by atoms with Gasteiger partial charge in [-0.15, -0.1) is 11.3 Å². The second-order valence-corrected chi connectivity index (χ2v) is 6.74. The lowest BCUT2D eigenvalue weighted by Crippen LogP contribution is -2.25. The molecule has 0 fully saturated rings. The van der Waals surface area contributed by atoms with E-state index in [1.165, 1.54) is 21.8 Å². The van der Waals surface area contributed by atoms with Crippen molar-refractivity contribution >= 4 is 28.9 Å². The largest absolute Gasteiger partial charge is 0.482 e. The lowest BCUT2D eigenvalue weighted by atomic mass is 10.1. The van der Waals surface area contributed by atoms with Gasteiger partial charge in [-0.1, -0.05) is 13.3 Å². The number of ether oxygens (including phenoxy) is 1. The van der Waals surface area contributed by atoms with Crippen LogP contribution in [0.2, 0.25) is 0 Å². The number of carboxylic acids is 1. The smallest absolute Gasteiger partial charge is 0.341 e. The number of aryl methyl sites for hydroxylation is 2. The molecule has 0 radical (unpaired) electrons. The Bertz CT molecular complexity index is 721. The fourth-order valence-electron chi connectivity index (χ4n) is 2.34. The average molecular weight is 347 g/mol. The molecular formula is C18H21NO4S. The van der Waals surface area contributed by atoms with Gasteiger partial charge in [0.2, 0.25) is 0 Å². The van der Waals surface area contributed by atoms with Crippen LogP contribution in [0.4, 0.5) is 5.69 Å². The average Bonchev–Trinajstić information content (AvgIpc) is 2.93. The van der Waals surface area contributed by atoms with E-state index in [2.05, 4.69) is 6.92 Å². The maximum Gasteiger partial charge on any atom is 0.341 e. The molecule has 5 nitrogen and oxygen atoms in total. The third-order valence-electron chi connectivity index (χ3n) is 3.64. The molecule has 24 heavy (non-hydrogen) atoms. The Kier molecular flexibility index (Phi) is 5.98. The molecule has 0 aliphatic heterocycles. The van der Waals surface area contributed by atoms with Crippen LogP contribution in [0.1, 0.15) is 33.5 Å². The van der Waals surface area contributed by atoms with Crippen molar-refractivity contribution in [2.45, 2.75) is 26.7 Å². The number of carbonyl (C=O) groups excluding carboxylic acids is 1. The molecule has 0 saturated heterocycles. The van der Waals surface area contributed by atoms with Crippen molar-refractivity contribution in [1.82, 2.24) is 0 Å². The Morgan fingerprint density at radius 2 is 1.92 bits per heavy atom. The summed E-state index contributed by atoms with van der Waals surface area (Å²) in [7, 11) is 1.73. The highest BCUT2D eigenvalue weighted by atomic mass is 32.1. The van der Waals surface area contributed by atoms with E-state index >= 15 is 0 Å². The summed E-state index contributed by atoms with van der Waals surface area (Å²) in [5.41, 5.74) is 1.96. The molecule has 0 aliphatic rings. The molecule has 0 saturated carbocycles. The highest BCUT2D eigenvalue weighted by molar-refractivity contribution is 7.14. The minimum Gasteiger partial charge on any atom is -0.482 e. The van der Waals surface area contributed by atoms with Crippen LogP contribution in [0.15, 0.2) is 30.3 Å². The molecule has 2 aromatic rings. The SMILES string of the molecule is CCCc1cc(C(=O)N(C)c2ccc(OCC(=O)O)cc2)sc1C. The van der Waals surface area contributed by atoms with Gasteiger partial charge >= 0.3 is 5.97 Å². The van der Waals surface area contributed by atoms with E-state index in [0.717, 1.165) is 23.4 Å². The van der Waals surface area contributed by atoms with Gasteiger partial charge in [0.15, 0.2) is 6.61 Å². The molecule has 1 heterocycles. The number of carbonyl (C=O) groups is 2. The topological polar surface area (TPSA) is 66.8 Å². The Balaban J connectivity index is 2.10. The second kappa shape index (κ2) is 7.97. The quantitative estimate of drug-likeness (QED) is 0.828. The first-order chi connectivity index (χ1) is 11.4. The van der Waals surface area contributed by atoms with Gasteiger partial charge in [0.05, 0.1) is 4.88 Å². The van der Waals surface area contributed by atoms with Gasteiger partial charge in [-0.05, 0) is 49.2 Å². The predicted octanol–water partition coefficient (Wildman–Crippen LogP) is 3.75. The number of amides is 1. The van der Waals surface area contributed by atoms with E-state index in [0.29, 0.717) is 5.75 Å². The zero-order valence-electron chi connectivity index (χ0n) is 14.0. The maximum atomic E-state index is 12.6. The van der Waals surface area contributed by atoms with E-state index in [-0.39, 0.29) is 12.5 Å². The minimum atomic E-state index is -1.03. The first-order valence-electron chi connectivity index (χ1n) is 7.74. The van der Waals surface area contributed by atoms with Crippen LogP contribution >= 0.6 is 11.3 Å². The number of hydrogen-bond donors (Lipinski definition) is 1. The Hall–Kier alpha value is -2.34. The fraction of sp³-hybridized carbons (Fsp3) is 0.333. The van der Waals surface area contributed by atoms with Gasteiger partial charge < -0.3 is 14.7 Å². The van der Waals surface area contributed by atoms with Crippen molar-refractivity contribution in [2.24, 2.45) is 0 Å². The fourth-order valence-corrected chi connectivity index (χ4v) is 3.38.